The van der Waals surface area contributed by atoms with E-state index in [2.05, 4.69) is 15.4 Å². The Morgan fingerprint density at radius 2 is 1.90 bits per heavy atom. The van der Waals surface area contributed by atoms with Gasteiger partial charge in [0, 0.05) is 17.4 Å². The van der Waals surface area contributed by atoms with Crippen LogP contribution in [-0.4, -0.2) is 26.3 Å². The van der Waals surface area contributed by atoms with Gasteiger partial charge in [-0.3, -0.25) is 9.59 Å². The van der Waals surface area contributed by atoms with Gasteiger partial charge in [0.15, 0.2) is 5.65 Å². The monoisotopic (exact) mass is 476 g/mol. The molecule has 0 saturated carbocycles. The Kier molecular flexibility index (Phi) is 5.87. The van der Waals surface area contributed by atoms with Crippen LogP contribution in [0, 0.1) is 0 Å². The summed E-state index contributed by atoms with van der Waals surface area (Å²) in [5.41, 5.74) is 2.78. The highest BCUT2D eigenvalue weighted by Crippen LogP contribution is 2.26. The van der Waals surface area contributed by atoms with E-state index < -0.39 is 5.91 Å². The molecule has 0 atom stereocenters. The predicted octanol–water partition coefficient (Wildman–Crippen LogP) is 5.51. The van der Waals surface area contributed by atoms with Crippen LogP contribution in [0.15, 0.2) is 69.8 Å². The number of halogens is 3. The first kappa shape index (κ1) is 20.6. The number of carbonyl (C=O) groups is 2. The average molecular weight is 478 g/mol. The number of hydrogen-bond donors (Lipinski definition) is 1. The van der Waals surface area contributed by atoms with E-state index in [4.69, 9.17) is 34.8 Å². The summed E-state index contributed by atoms with van der Waals surface area (Å²) >= 11 is 18.2. The maximum atomic E-state index is 12.8. The second-order valence-electron chi connectivity index (χ2n) is 6.04. The van der Waals surface area contributed by atoms with Gasteiger partial charge in [-0.05, 0) is 29.6 Å². The van der Waals surface area contributed by atoms with Crippen LogP contribution < -0.4 is 5.32 Å². The minimum atomic E-state index is -0.628. The van der Waals surface area contributed by atoms with Crippen LogP contribution in [0.25, 0.3) is 16.9 Å². The van der Waals surface area contributed by atoms with Crippen molar-refractivity contribution in [3.8, 4) is 11.3 Å². The van der Waals surface area contributed by atoms with Gasteiger partial charge in [-0.15, -0.1) is 11.3 Å². The van der Waals surface area contributed by atoms with E-state index in [9.17, 15) is 9.59 Å². The molecule has 0 fully saturated rings. The molecular weight excluding hydrogens is 467 g/mol. The smallest absolute Gasteiger partial charge is 0.269 e. The van der Waals surface area contributed by atoms with Gasteiger partial charge in [0.2, 0.25) is 5.78 Å². The van der Waals surface area contributed by atoms with Crippen LogP contribution in [0.1, 0.15) is 15.2 Å². The fourth-order valence-electron chi connectivity index (χ4n) is 2.84. The summed E-state index contributed by atoms with van der Waals surface area (Å²) in [4.78, 5) is 29.8. The Balaban J connectivity index is 1.72. The second-order valence-corrected chi connectivity index (χ2v) is 8.31. The molecule has 0 aliphatic rings. The van der Waals surface area contributed by atoms with Crippen molar-refractivity contribution in [3.63, 3.8) is 0 Å². The zero-order chi connectivity index (χ0) is 21.3. The molecule has 0 aliphatic heterocycles. The fraction of sp³-hybridized carbons (Fsp3) is 0. The number of benzene rings is 1. The number of amides is 1. The second kappa shape index (κ2) is 8.57. The molecule has 30 heavy (non-hydrogen) atoms. The molecule has 0 saturated heterocycles. The summed E-state index contributed by atoms with van der Waals surface area (Å²) in [7, 11) is 0. The zero-order valence-corrected chi connectivity index (χ0v) is 18.1. The molecule has 1 N–H and O–H groups in total. The molecular formula is C20H11Cl3N4O2S. The third-order valence-corrected chi connectivity index (χ3v) is 5.97. The number of thiophene rings is 1. The van der Waals surface area contributed by atoms with E-state index in [0.29, 0.717) is 27.5 Å². The fourth-order valence-corrected chi connectivity index (χ4v) is 3.74. The van der Waals surface area contributed by atoms with Crippen molar-refractivity contribution in [1.29, 1.82) is 0 Å². The van der Waals surface area contributed by atoms with E-state index in [1.54, 1.807) is 41.0 Å². The third-order valence-electron chi connectivity index (χ3n) is 4.17. The minimum absolute atomic E-state index is 0.134. The van der Waals surface area contributed by atoms with Crippen molar-refractivity contribution in [2.24, 2.45) is 0 Å². The normalized spacial score (nSPS) is 10.8. The first-order valence-electron chi connectivity index (χ1n) is 8.49. The largest absolute Gasteiger partial charge is 0.321 e. The molecule has 0 aliphatic carbocycles. The Bertz CT molecular complexity index is 1290. The van der Waals surface area contributed by atoms with Gasteiger partial charge in [0.25, 0.3) is 5.91 Å². The maximum absolute atomic E-state index is 12.8. The van der Waals surface area contributed by atoms with Crippen molar-refractivity contribution in [1.82, 2.24) is 14.6 Å². The number of fused-ring (bicyclic) bond motifs is 1. The van der Waals surface area contributed by atoms with E-state index in [0.717, 1.165) is 5.56 Å². The molecule has 0 bridgehead atoms. The van der Waals surface area contributed by atoms with Crippen LogP contribution in [0.5, 0.6) is 0 Å². The lowest BCUT2D eigenvalue weighted by Gasteiger charge is -2.09. The third kappa shape index (κ3) is 3.97. The van der Waals surface area contributed by atoms with E-state index in [1.807, 2.05) is 17.5 Å². The summed E-state index contributed by atoms with van der Waals surface area (Å²) < 4.78 is 1.27. The molecule has 3 aromatic heterocycles. The molecule has 1 aromatic carbocycles. The maximum Gasteiger partial charge on any atom is 0.269 e. The van der Waals surface area contributed by atoms with Gasteiger partial charge in [-0.2, -0.15) is 5.10 Å². The molecule has 4 aromatic rings. The van der Waals surface area contributed by atoms with Crippen molar-refractivity contribution in [2.75, 3.05) is 5.32 Å². The quantitative estimate of drug-likeness (QED) is 0.304. The number of anilines is 1. The number of ketones is 1. The predicted molar refractivity (Wildman–Crippen MR) is 119 cm³/mol. The molecule has 6 nitrogen and oxygen atoms in total. The first-order valence-corrected chi connectivity index (χ1v) is 10.5. The van der Waals surface area contributed by atoms with Gasteiger partial charge in [0.05, 0.1) is 22.3 Å². The van der Waals surface area contributed by atoms with Crippen molar-refractivity contribution in [3.05, 3.63) is 80.2 Å². The lowest BCUT2D eigenvalue weighted by atomic mass is 10.1. The highest BCUT2D eigenvalue weighted by molar-refractivity contribution is 7.12. The Morgan fingerprint density at radius 3 is 2.63 bits per heavy atom. The highest BCUT2D eigenvalue weighted by Gasteiger charge is 2.19. The van der Waals surface area contributed by atoms with Crippen LogP contribution in [-0.2, 0) is 4.79 Å². The molecule has 0 spiro atoms. The number of carbonyl (C=O) groups excluding carboxylic acids is 2. The summed E-state index contributed by atoms with van der Waals surface area (Å²) in [6.45, 7) is 0. The molecule has 0 unspecified atom stereocenters. The van der Waals surface area contributed by atoms with Gasteiger partial charge in [-0.1, -0.05) is 53.0 Å². The van der Waals surface area contributed by atoms with Gasteiger partial charge < -0.3 is 5.32 Å². The first-order chi connectivity index (χ1) is 14.5. The number of aromatic nitrogens is 3. The molecule has 3 heterocycles. The summed E-state index contributed by atoms with van der Waals surface area (Å²) in [6.07, 6.45) is 3.11. The van der Waals surface area contributed by atoms with Crippen LogP contribution in [0.2, 0.25) is 0 Å². The van der Waals surface area contributed by atoms with Crippen molar-refractivity contribution < 1.29 is 9.59 Å². The molecule has 1 amide bonds. The Labute approximate surface area is 189 Å². The van der Waals surface area contributed by atoms with E-state index in [1.165, 1.54) is 17.5 Å². The lowest BCUT2D eigenvalue weighted by molar-refractivity contribution is -0.112. The summed E-state index contributed by atoms with van der Waals surface area (Å²) in [5, 5.41) is 8.52. The van der Waals surface area contributed by atoms with E-state index in [-0.39, 0.29) is 15.3 Å². The molecule has 150 valence electrons. The Hall–Kier alpha value is -2.71. The van der Waals surface area contributed by atoms with E-state index >= 15 is 0 Å². The molecule has 10 heteroatoms. The van der Waals surface area contributed by atoms with Crippen molar-refractivity contribution in [2.45, 2.75) is 0 Å². The number of rotatable bonds is 5. The highest BCUT2D eigenvalue weighted by atomic mass is 35.5. The van der Waals surface area contributed by atoms with Gasteiger partial charge in [-0.25, -0.2) is 9.50 Å². The standard InChI is InChI=1S/C20H11Cl3N4O2S/c21-16(18(22)23)20(29)26-12-4-1-3-11(9-12)14-6-7-24-19-13(10-25-27(14)19)17(28)15-5-2-8-30-15/h1-10H,(H,26,29). The summed E-state index contributed by atoms with van der Waals surface area (Å²) in [6, 6.07) is 12.4. The number of nitrogens with zero attached hydrogens (tertiary/aromatic N) is 3. The molecule has 0 radical (unpaired) electrons. The average Bonchev–Trinajstić information content (AvgIpc) is 3.42. The SMILES string of the molecule is O=C(Nc1cccc(-c2ccnc3c(C(=O)c4cccs4)cnn23)c1)C(Cl)=C(Cl)Cl. The van der Waals surface area contributed by atoms with Crippen LogP contribution >= 0.6 is 46.1 Å². The number of nitrogens with one attached hydrogen (secondary N) is 1. The minimum Gasteiger partial charge on any atom is -0.321 e. The zero-order valence-electron chi connectivity index (χ0n) is 15.0. The van der Waals surface area contributed by atoms with Gasteiger partial charge in [0.1, 0.15) is 9.52 Å². The topological polar surface area (TPSA) is 76.4 Å². The van der Waals surface area contributed by atoms with Gasteiger partial charge >= 0.3 is 0 Å². The summed E-state index contributed by atoms with van der Waals surface area (Å²) in [5.74, 6) is -0.762. The lowest BCUT2D eigenvalue weighted by Crippen LogP contribution is -2.11. The number of hydrogen-bond acceptors (Lipinski definition) is 5. The van der Waals surface area contributed by atoms with Crippen LogP contribution in [0.3, 0.4) is 0 Å². The van der Waals surface area contributed by atoms with Crippen molar-refractivity contribution >= 4 is 69.2 Å². The Morgan fingerprint density at radius 1 is 1.07 bits per heavy atom. The van der Waals surface area contributed by atoms with Crippen LogP contribution in [0.4, 0.5) is 5.69 Å². The molecule has 4 rings (SSSR count).